The Bertz CT molecular complexity index is 576. The maximum Gasteiger partial charge on any atom is 0.123 e. The predicted molar refractivity (Wildman–Crippen MR) is 79.4 cm³/mol. The zero-order valence-electron chi connectivity index (χ0n) is 11.9. The molecule has 1 atom stereocenters. The number of nitrogens with zero attached hydrogens (tertiary/aromatic N) is 2. The lowest BCUT2D eigenvalue weighted by Crippen LogP contribution is -2.42. The van der Waals surface area contributed by atoms with Crippen molar-refractivity contribution in [2.24, 2.45) is 0 Å². The number of hydrogen-bond donors (Lipinski definition) is 0. The van der Waals surface area contributed by atoms with Gasteiger partial charge >= 0.3 is 0 Å². The number of halogens is 1. The summed E-state index contributed by atoms with van der Waals surface area (Å²) in [6.07, 6.45) is 4.56. The first-order valence-corrected chi connectivity index (χ1v) is 7.27. The van der Waals surface area contributed by atoms with E-state index in [4.69, 9.17) is 4.74 Å². The molecule has 1 aliphatic rings. The van der Waals surface area contributed by atoms with Crippen molar-refractivity contribution in [3.8, 4) is 0 Å². The summed E-state index contributed by atoms with van der Waals surface area (Å²) in [6.45, 7) is 3.40. The van der Waals surface area contributed by atoms with Gasteiger partial charge in [0.1, 0.15) is 5.82 Å². The van der Waals surface area contributed by atoms with Crippen LogP contribution in [0.2, 0.25) is 0 Å². The van der Waals surface area contributed by atoms with Gasteiger partial charge in [-0.3, -0.25) is 9.88 Å². The van der Waals surface area contributed by atoms with Crippen molar-refractivity contribution in [2.45, 2.75) is 19.1 Å². The average molecular weight is 286 g/mol. The molecule has 21 heavy (non-hydrogen) atoms. The van der Waals surface area contributed by atoms with E-state index in [1.807, 2.05) is 18.3 Å². The van der Waals surface area contributed by atoms with E-state index in [0.717, 1.165) is 38.2 Å². The third-order valence-corrected chi connectivity index (χ3v) is 3.70. The van der Waals surface area contributed by atoms with Gasteiger partial charge in [-0.25, -0.2) is 4.39 Å². The summed E-state index contributed by atoms with van der Waals surface area (Å²) in [7, 11) is 0. The Balaban J connectivity index is 1.58. The van der Waals surface area contributed by atoms with Crippen molar-refractivity contribution in [1.82, 2.24) is 9.88 Å². The number of morpholine rings is 1. The molecule has 2 aromatic rings. The third-order valence-electron chi connectivity index (χ3n) is 3.70. The van der Waals surface area contributed by atoms with Crippen LogP contribution in [0, 0.1) is 5.82 Å². The van der Waals surface area contributed by atoms with Crippen LogP contribution in [0.15, 0.2) is 48.8 Å². The Morgan fingerprint density at radius 2 is 2.14 bits per heavy atom. The molecule has 0 saturated carbocycles. The van der Waals surface area contributed by atoms with Crippen LogP contribution >= 0.6 is 0 Å². The van der Waals surface area contributed by atoms with E-state index in [-0.39, 0.29) is 11.9 Å². The van der Waals surface area contributed by atoms with Gasteiger partial charge < -0.3 is 4.74 Å². The molecule has 1 aliphatic heterocycles. The maximum absolute atomic E-state index is 13.2. The maximum atomic E-state index is 13.2. The Labute approximate surface area is 124 Å². The second kappa shape index (κ2) is 6.78. The van der Waals surface area contributed by atoms with Crippen LogP contribution in [0.1, 0.15) is 11.1 Å². The zero-order chi connectivity index (χ0) is 14.5. The second-order valence-corrected chi connectivity index (χ2v) is 5.42. The van der Waals surface area contributed by atoms with E-state index in [9.17, 15) is 4.39 Å². The van der Waals surface area contributed by atoms with Gasteiger partial charge in [-0.1, -0.05) is 18.2 Å². The molecule has 1 aromatic heterocycles. The summed E-state index contributed by atoms with van der Waals surface area (Å²) in [4.78, 5) is 6.51. The van der Waals surface area contributed by atoms with Gasteiger partial charge in [-0.2, -0.15) is 0 Å². The molecular formula is C17H19FN2O. The molecule has 0 spiro atoms. The predicted octanol–water partition coefficient (Wildman–Crippen LogP) is 2.66. The highest BCUT2D eigenvalue weighted by atomic mass is 19.1. The number of rotatable bonds is 4. The highest BCUT2D eigenvalue weighted by Gasteiger charge is 2.20. The summed E-state index contributed by atoms with van der Waals surface area (Å²) in [5.41, 5.74) is 2.20. The first kappa shape index (κ1) is 14.2. The summed E-state index contributed by atoms with van der Waals surface area (Å²) in [6, 6.07) is 10.8. The van der Waals surface area contributed by atoms with Gasteiger partial charge in [0.2, 0.25) is 0 Å². The van der Waals surface area contributed by atoms with Gasteiger partial charge in [-0.05, 0) is 35.7 Å². The van der Waals surface area contributed by atoms with Crippen molar-refractivity contribution < 1.29 is 9.13 Å². The minimum Gasteiger partial charge on any atom is -0.375 e. The van der Waals surface area contributed by atoms with E-state index in [0.29, 0.717) is 0 Å². The van der Waals surface area contributed by atoms with Crippen LogP contribution in [-0.4, -0.2) is 35.7 Å². The Kier molecular flexibility index (Phi) is 4.58. The van der Waals surface area contributed by atoms with E-state index in [1.54, 1.807) is 18.3 Å². The van der Waals surface area contributed by atoms with E-state index in [1.165, 1.54) is 11.6 Å². The van der Waals surface area contributed by atoms with Gasteiger partial charge in [0, 0.05) is 32.0 Å². The van der Waals surface area contributed by atoms with Crippen molar-refractivity contribution in [2.75, 3.05) is 19.7 Å². The minimum absolute atomic E-state index is 0.122. The third kappa shape index (κ3) is 4.09. The van der Waals surface area contributed by atoms with Gasteiger partial charge in [0.05, 0.1) is 12.7 Å². The lowest BCUT2D eigenvalue weighted by atomic mass is 10.1. The molecule has 4 heteroatoms. The average Bonchev–Trinajstić information content (AvgIpc) is 2.49. The zero-order valence-corrected chi connectivity index (χ0v) is 11.9. The fraction of sp³-hybridized carbons (Fsp3) is 0.353. The number of benzene rings is 1. The molecule has 0 N–H and O–H groups in total. The normalized spacial score (nSPS) is 19.6. The molecule has 0 aliphatic carbocycles. The number of hydrogen-bond acceptors (Lipinski definition) is 3. The van der Waals surface area contributed by atoms with E-state index < -0.39 is 0 Å². The van der Waals surface area contributed by atoms with E-state index in [2.05, 4.69) is 16.0 Å². The lowest BCUT2D eigenvalue weighted by molar-refractivity contribution is -0.0305. The molecule has 3 nitrogen and oxygen atoms in total. The standard InChI is InChI=1S/C17H19FN2O/c18-16-5-1-3-14(9-16)10-17-13-20(7-8-21-17)12-15-4-2-6-19-11-15/h1-6,9,11,17H,7-8,10,12-13H2. The second-order valence-electron chi connectivity index (χ2n) is 5.42. The SMILES string of the molecule is Fc1cccc(CC2CN(Cc3cccnc3)CCO2)c1. The van der Waals surface area contributed by atoms with Crippen LogP contribution in [0.4, 0.5) is 4.39 Å². The van der Waals surface area contributed by atoms with Crippen molar-refractivity contribution in [3.05, 3.63) is 65.7 Å². The topological polar surface area (TPSA) is 25.4 Å². The minimum atomic E-state index is -0.185. The summed E-state index contributed by atoms with van der Waals surface area (Å²) < 4.78 is 19.0. The largest absolute Gasteiger partial charge is 0.375 e. The summed E-state index contributed by atoms with van der Waals surface area (Å²) in [5.74, 6) is -0.185. The fourth-order valence-electron chi connectivity index (χ4n) is 2.72. The molecule has 1 unspecified atom stereocenters. The molecule has 110 valence electrons. The van der Waals surface area contributed by atoms with Crippen molar-refractivity contribution in [1.29, 1.82) is 0 Å². The van der Waals surface area contributed by atoms with Crippen LogP contribution in [0.25, 0.3) is 0 Å². The van der Waals surface area contributed by atoms with Crippen LogP contribution in [0.3, 0.4) is 0 Å². The van der Waals surface area contributed by atoms with E-state index >= 15 is 0 Å². The molecular weight excluding hydrogens is 267 g/mol. The molecule has 0 amide bonds. The highest BCUT2D eigenvalue weighted by molar-refractivity contribution is 5.17. The highest BCUT2D eigenvalue weighted by Crippen LogP contribution is 2.14. The summed E-state index contributed by atoms with van der Waals surface area (Å²) in [5, 5.41) is 0. The van der Waals surface area contributed by atoms with Gasteiger partial charge in [0.25, 0.3) is 0 Å². The van der Waals surface area contributed by atoms with Gasteiger partial charge in [0.15, 0.2) is 0 Å². The molecule has 1 aromatic carbocycles. The number of aromatic nitrogens is 1. The molecule has 0 bridgehead atoms. The Morgan fingerprint density at radius 3 is 2.95 bits per heavy atom. The number of pyridine rings is 1. The van der Waals surface area contributed by atoms with Crippen LogP contribution < -0.4 is 0 Å². The first-order valence-electron chi connectivity index (χ1n) is 7.27. The Hall–Kier alpha value is -1.78. The molecule has 3 rings (SSSR count). The van der Waals surface area contributed by atoms with Crippen molar-refractivity contribution >= 4 is 0 Å². The molecule has 1 fully saturated rings. The molecule has 0 radical (unpaired) electrons. The molecule has 1 saturated heterocycles. The quantitative estimate of drug-likeness (QED) is 0.864. The monoisotopic (exact) mass is 286 g/mol. The lowest BCUT2D eigenvalue weighted by Gasteiger charge is -2.33. The van der Waals surface area contributed by atoms with Gasteiger partial charge in [-0.15, -0.1) is 0 Å². The summed E-state index contributed by atoms with van der Waals surface area (Å²) >= 11 is 0. The fourth-order valence-corrected chi connectivity index (χ4v) is 2.72. The van der Waals surface area contributed by atoms with Crippen LogP contribution in [0.5, 0.6) is 0 Å². The Morgan fingerprint density at radius 1 is 1.24 bits per heavy atom. The van der Waals surface area contributed by atoms with Crippen molar-refractivity contribution in [3.63, 3.8) is 0 Å². The molecule has 2 heterocycles. The first-order chi connectivity index (χ1) is 10.3. The number of ether oxygens (including phenoxy) is 1. The van der Waals surface area contributed by atoms with Crippen LogP contribution in [-0.2, 0) is 17.7 Å². The smallest absolute Gasteiger partial charge is 0.123 e.